The van der Waals surface area contributed by atoms with Gasteiger partial charge in [0.25, 0.3) is 5.91 Å². The third-order valence-electron chi connectivity index (χ3n) is 6.60. The number of carbonyl (C=O) groups excluding carboxylic acids is 1. The van der Waals surface area contributed by atoms with E-state index in [0.717, 1.165) is 6.07 Å². The SMILES string of the molecule is CC1=C(C#N)C(c2cc3c(c(C(F)(F)F)c2F)CN=C3NC(=O)c2ccccc2Cl)C(C#N)=C(C)N1C. The number of alkyl halides is 3. The molecule has 2 aliphatic heterocycles. The zero-order valence-electron chi connectivity index (χ0n) is 19.8. The Bertz CT molecular complexity index is 1490. The molecule has 2 aliphatic rings. The molecular formula is C26H18ClF4N5O. The molecule has 0 spiro atoms. The van der Waals surface area contributed by atoms with E-state index in [9.17, 15) is 28.5 Å². The van der Waals surface area contributed by atoms with Crippen LogP contribution in [0.3, 0.4) is 0 Å². The first-order valence-electron chi connectivity index (χ1n) is 10.9. The van der Waals surface area contributed by atoms with Crippen LogP contribution in [0.4, 0.5) is 17.6 Å². The van der Waals surface area contributed by atoms with Crippen molar-refractivity contribution in [3.63, 3.8) is 0 Å². The molecule has 0 fully saturated rings. The van der Waals surface area contributed by atoms with E-state index >= 15 is 4.39 Å². The highest BCUT2D eigenvalue weighted by atomic mass is 35.5. The topological polar surface area (TPSA) is 92.3 Å². The molecule has 37 heavy (non-hydrogen) atoms. The van der Waals surface area contributed by atoms with Crippen molar-refractivity contribution in [3.05, 3.63) is 91.5 Å². The van der Waals surface area contributed by atoms with Crippen LogP contribution in [0, 0.1) is 28.5 Å². The van der Waals surface area contributed by atoms with Crippen LogP contribution in [0.15, 0.2) is 57.9 Å². The monoisotopic (exact) mass is 527 g/mol. The van der Waals surface area contributed by atoms with Crippen LogP contribution in [0.2, 0.25) is 5.02 Å². The minimum absolute atomic E-state index is 0.0618. The summed E-state index contributed by atoms with van der Waals surface area (Å²) in [7, 11) is 1.60. The minimum Gasteiger partial charge on any atom is -0.350 e. The lowest BCUT2D eigenvalue weighted by Gasteiger charge is -2.33. The van der Waals surface area contributed by atoms with Gasteiger partial charge in [-0.05, 0) is 37.6 Å². The summed E-state index contributed by atoms with van der Waals surface area (Å²) in [5.41, 5.74) is -1.95. The van der Waals surface area contributed by atoms with Crippen molar-refractivity contribution < 1.29 is 22.4 Å². The molecular weight excluding hydrogens is 510 g/mol. The van der Waals surface area contributed by atoms with Gasteiger partial charge in [0.05, 0.1) is 51.9 Å². The molecule has 0 saturated heterocycles. The Morgan fingerprint density at radius 3 is 2.30 bits per heavy atom. The maximum Gasteiger partial charge on any atom is 0.419 e. The van der Waals surface area contributed by atoms with Crippen LogP contribution < -0.4 is 5.32 Å². The van der Waals surface area contributed by atoms with Crippen LogP contribution in [0.1, 0.15) is 52.4 Å². The highest BCUT2D eigenvalue weighted by molar-refractivity contribution is 6.34. The number of nitrogens with one attached hydrogen (secondary N) is 1. The quantitative estimate of drug-likeness (QED) is 0.499. The second-order valence-electron chi connectivity index (χ2n) is 8.49. The van der Waals surface area contributed by atoms with Crippen LogP contribution in [-0.2, 0) is 12.7 Å². The van der Waals surface area contributed by atoms with E-state index in [1.807, 2.05) is 12.1 Å². The number of nitriles is 2. The summed E-state index contributed by atoms with van der Waals surface area (Å²) in [5.74, 6) is -3.87. The molecule has 0 saturated carbocycles. The molecule has 0 unspecified atom stereocenters. The molecule has 2 heterocycles. The fourth-order valence-corrected chi connectivity index (χ4v) is 4.77. The number of allylic oxidation sites excluding steroid dienone is 4. The van der Waals surface area contributed by atoms with Crippen molar-refractivity contribution >= 4 is 23.3 Å². The Morgan fingerprint density at radius 1 is 1.16 bits per heavy atom. The van der Waals surface area contributed by atoms with Gasteiger partial charge in [-0.2, -0.15) is 23.7 Å². The van der Waals surface area contributed by atoms with Crippen molar-refractivity contribution in [2.24, 2.45) is 4.99 Å². The first-order valence-corrected chi connectivity index (χ1v) is 11.3. The molecule has 11 heteroatoms. The summed E-state index contributed by atoms with van der Waals surface area (Å²) in [5, 5.41) is 22.3. The highest BCUT2D eigenvalue weighted by Gasteiger charge is 2.44. The Balaban J connectivity index is 1.93. The number of hydrogen-bond acceptors (Lipinski definition) is 5. The van der Waals surface area contributed by atoms with E-state index in [0.29, 0.717) is 11.4 Å². The van der Waals surface area contributed by atoms with E-state index < -0.39 is 47.1 Å². The van der Waals surface area contributed by atoms with Gasteiger partial charge in [0, 0.05) is 29.6 Å². The number of fused-ring (bicyclic) bond motifs is 1. The van der Waals surface area contributed by atoms with Gasteiger partial charge in [-0.25, -0.2) is 4.39 Å². The predicted octanol–water partition coefficient (Wildman–Crippen LogP) is 5.81. The predicted molar refractivity (Wildman–Crippen MR) is 128 cm³/mol. The van der Waals surface area contributed by atoms with Crippen molar-refractivity contribution in [2.45, 2.75) is 32.5 Å². The fraction of sp³-hybridized carbons (Fsp3) is 0.231. The number of rotatable bonds is 2. The molecule has 0 aliphatic carbocycles. The number of benzene rings is 2. The standard InChI is InChI=1S/C26H18ClF4N5O/c1-12-17(9-32)21(18(10-33)13(2)36(12)3)16-8-15-19(22(23(16)28)26(29,30)31)11-34-24(15)35-25(37)14-6-4-5-7-20(14)27/h4-8,21H,11H2,1-3H3,(H,34,35,37). The van der Waals surface area contributed by atoms with Crippen LogP contribution >= 0.6 is 11.6 Å². The summed E-state index contributed by atoms with van der Waals surface area (Å²) >= 11 is 6.07. The molecule has 6 nitrogen and oxygen atoms in total. The third kappa shape index (κ3) is 4.24. The van der Waals surface area contributed by atoms with Crippen molar-refractivity contribution in [2.75, 3.05) is 7.05 Å². The number of aliphatic imine (C=N–C) groups is 1. The van der Waals surface area contributed by atoms with E-state index in [4.69, 9.17) is 11.6 Å². The smallest absolute Gasteiger partial charge is 0.350 e. The largest absolute Gasteiger partial charge is 0.419 e. The summed E-state index contributed by atoms with van der Waals surface area (Å²) in [6.45, 7) is 2.61. The third-order valence-corrected chi connectivity index (χ3v) is 6.93. The Kier molecular flexibility index (Phi) is 6.57. The fourth-order valence-electron chi connectivity index (χ4n) is 4.55. The number of amidine groups is 1. The zero-order valence-corrected chi connectivity index (χ0v) is 20.5. The lowest BCUT2D eigenvalue weighted by atomic mass is 9.79. The van der Waals surface area contributed by atoms with Gasteiger partial charge >= 0.3 is 6.18 Å². The van der Waals surface area contributed by atoms with E-state index in [-0.39, 0.29) is 33.1 Å². The average Bonchev–Trinajstić information content (AvgIpc) is 3.22. The van der Waals surface area contributed by atoms with Crippen LogP contribution in [-0.4, -0.2) is 23.7 Å². The maximum absolute atomic E-state index is 15.7. The molecule has 0 radical (unpaired) electrons. The van der Waals surface area contributed by atoms with Crippen LogP contribution in [0.5, 0.6) is 0 Å². The van der Waals surface area contributed by atoms with Crippen molar-refractivity contribution in [3.8, 4) is 12.1 Å². The summed E-state index contributed by atoms with van der Waals surface area (Å²) in [6.07, 6.45) is -5.11. The molecule has 188 valence electrons. The zero-order chi connectivity index (χ0) is 27.2. The number of carbonyl (C=O) groups is 1. The van der Waals surface area contributed by atoms with Gasteiger partial charge in [-0.15, -0.1) is 0 Å². The van der Waals surface area contributed by atoms with Gasteiger partial charge in [0.1, 0.15) is 11.7 Å². The Hall–Kier alpha value is -4.15. The van der Waals surface area contributed by atoms with Gasteiger partial charge in [0.2, 0.25) is 0 Å². The molecule has 1 amide bonds. The first kappa shape index (κ1) is 25.9. The van der Waals surface area contributed by atoms with E-state index in [1.165, 1.54) is 12.1 Å². The molecule has 2 aromatic rings. The van der Waals surface area contributed by atoms with Crippen molar-refractivity contribution in [1.29, 1.82) is 10.5 Å². The first-order chi connectivity index (χ1) is 17.4. The van der Waals surface area contributed by atoms with Gasteiger partial charge in [-0.1, -0.05) is 23.7 Å². The summed E-state index contributed by atoms with van der Waals surface area (Å²) in [4.78, 5) is 18.4. The normalized spacial score (nSPS) is 15.8. The number of halogens is 5. The van der Waals surface area contributed by atoms with Crippen molar-refractivity contribution in [1.82, 2.24) is 10.2 Å². The van der Waals surface area contributed by atoms with Gasteiger partial charge in [0.15, 0.2) is 0 Å². The lowest BCUT2D eigenvalue weighted by molar-refractivity contribution is -0.140. The number of nitrogens with zero attached hydrogens (tertiary/aromatic N) is 4. The average molecular weight is 528 g/mol. The lowest BCUT2D eigenvalue weighted by Crippen LogP contribution is -2.31. The Morgan fingerprint density at radius 2 is 1.76 bits per heavy atom. The molecule has 1 N–H and O–H groups in total. The molecule has 0 atom stereocenters. The number of hydrogen-bond donors (Lipinski definition) is 1. The van der Waals surface area contributed by atoms with Gasteiger partial charge in [-0.3, -0.25) is 9.79 Å². The Labute approximate surface area is 214 Å². The highest BCUT2D eigenvalue weighted by Crippen LogP contribution is 2.46. The second-order valence-corrected chi connectivity index (χ2v) is 8.90. The maximum atomic E-state index is 15.7. The van der Waals surface area contributed by atoms with E-state index in [2.05, 4.69) is 10.3 Å². The molecule has 0 aromatic heterocycles. The molecule has 0 bridgehead atoms. The van der Waals surface area contributed by atoms with Gasteiger partial charge < -0.3 is 10.2 Å². The second kappa shape index (κ2) is 9.38. The molecule has 4 rings (SSSR count). The van der Waals surface area contributed by atoms with Crippen LogP contribution in [0.25, 0.3) is 0 Å². The summed E-state index contributed by atoms with van der Waals surface area (Å²) < 4.78 is 58.3. The summed E-state index contributed by atoms with van der Waals surface area (Å²) in [6, 6.07) is 11.1. The number of amides is 1. The molecule has 2 aromatic carbocycles. The van der Waals surface area contributed by atoms with E-state index in [1.54, 1.807) is 37.9 Å². The minimum atomic E-state index is -5.11.